The van der Waals surface area contributed by atoms with E-state index in [0.717, 1.165) is 16.0 Å². The molecule has 0 radical (unpaired) electrons. The monoisotopic (exact) mass is 318 g/mol. The number of amides is 1. The minimum atomic E-state index is -0.446. The second-order valence-corrected chi connectivity index (χ2v) is 5.80. The number of thiophene rings is 1. The highest BCUT2D eigenvalue weighted by Gasteiger charge is 2.25. The van der Waals surface area contributed by atoms with E-state index in [4.69, 9.17) is 10.5 Å². The van der Waals surface area contributed by atoms with Crippen LogP contribution < -0.4 is 11.1 Å². The summed E-state index contributed by atoms with van der Waals surface area (Å²) in [5.74, 6) is -0.788. The number of carbonyl (C=O) groups is 2. The number of rotatable bonds is 5. The predicted molar refractivity (Wildman–Crippen MR) is 88.1 cm³/mol. The van der Waals surface area contributed by atoms with Crippen molar-refractivity contribution in [2.75, 3.05) is 18.5 Å². The van der Waals surface area contributed by atoms with Gasteiger partial charge < -0.3 is 15.8 Å². The maximum absolute atomic E-state index is 12.3. The molecule has 0 bridgehead atoms. The molecule has 2 rings (SSSR count). The summed E-state index contributed by atoms with van der Waals surface area (Å²) < 4.78 is 5.14. The first-order valence-electron chi connectivity index (χ1n) is 6.94. The van der Waals surface area contributed by atoms with Crippen molar-refractivity contribution < 1.29 is 14.3 Å². The quantitative estimate of drug-likeness (QED) is 0.831. The molecular formula is C16H18N2O3S. The van der Waals surface area contributed by atoms with Gasteiger partial charge in [-0.15, -0.1) is 11.3 Å². The van der Waals surface area contributed by atoms with Gasteiger partial charge in [0.1, 0.15) is 10.6 Å². The van der Waals surface area contributed by atoms with E-state index < -0.39 is 5.97 Å². The summed E-state index contributed by atoms with van der Waals surface area (Å²) in [5, 5.41) is 3.16. The third-order valence-electron chi connectivity index (χ3n) is 3.06. The molecule has 22 heavy (non-hydrogen) atoms. The Balaban J connectivity index is 2.57. The summed E-state index contributed by atoms with van der Waals surface area (Å²) >= 11 is 1.35. The summed E-state index contributed by atoms with van der Waals surface area (Å²) in [6.07, 6.45) is 0. The van der Waals surface area contributed by atoms with Crippen LogP contribution in [0.3, 0.4) is 0 Å². The largest absolute Gasteiger partial charge is 0.462 e. The maximum atomic E-state index is 12.3. The first kappa shape index (κ1) is 16.2. The maximum Gasteiger partial charge on any atom is 0.341 e. The Kier molecular flexibility index (Phi) is 5.30. The van der Waals surface area contributed by atoms with Gasteiger partial charge in [-0.25, -0.2) is 4.79 Å². The third-order valence-corrected chi connectivity index (χ3v) is 4.09. The molecule has 3 N–H and O–H groups in total. The van der Waals surface area contributed by atoms with Crippen molar-refractivity contribution in [2.24, 2.45) is 5.73 Å². The Labute approximate surface area is 133 Å². The van der Waals surface area contributed by atoms with Crippen LogP contribution in [0.2, 0.25) is 0 Å². The minimum Gasteiger partial charge on any atom is -0.462 e. The standard InChI is InChI=1S/C16H18N2O3S/c1-3-21-16(20)14-13(11-7-5-4-6-8-11)10(2)22-15(14)18-12(19)9-17/h4-8H,3,9,17H2,1-2H3,(H,18,19). The fraction of sp³-hybridized carbons (Fsp3) is 0.250. The van der Waals surface area contributed by atoms with Crippen molar-refractivity contribution in [2.45, 2.75) is 13.8 Å². The molecule has 0 aliphatic carbocycles. The molecule has 0 saturated carbocycles. The van der Waals surface area contributed by atoms with Crippen LogP contribution in [0.4, 0.5) is 5.00 Å². The molecule has 1 amide bonds. The molecule has 2 aromatic rings. The highest BCUT2D eigenvalue weighted by Crippen LogP contribution is 2.40. The number of nitrogens with two attached hydrogens (primary N) is 1. The van der Waals surface area contributed by atoms with Crippen LogP contribution in [0, 0.1) is 6.92 Å². The number of anilines is 1. The van der Waals surface area contributed by atoms with E-state index in [2.05, 4.69) is 5.32 Å². The molecule has 5 nitrogen and oxygen atoms in total. The van der Waals surface area contributed by atoms with E-state index in [1.165, 1.54) is 11.3 Å². The summed E-state index contributed by atoms with van der Waals surface area (Å²) in [7, 11) is 0. The summed E-state index contributed by atoms with van der Waals surface area (Å²) in [5.41, 5.74) is 7.42. The van der Waals surface area contributed by atoms with Gasteiger partial charge in [0.15, 0.2) is 0 Å². The van der Waals surface area contributed by atoms with Crippen molar-refractivity contribution in [1.82, 2.24) is 0 Å². The molecule has 0 atom stereocenters. The molecular weight excluding hydrogens is 300 g/mol. The lowest BCUT2D eigenvalue weighted by Crippen LogP contribution is -2.22. The van der Waals surface area contributed by atoms with Gasteiger partial charge in [0.25, 0.3) is 0 Å². The molecule has 0 spiro atoms. The van der Waals surface area contributed by atoms with Crippen molar-refractivity contribution in [1.29, 1.82) is 0 Å². The zero-order valence-electron chi connectivity index (χ0n) is 12.5. The molecule has 116 valence electrons. The normalized spacial score (nSPS) is 10.3. The number of benzene rings is 1. The average Bonchev–Trinajstić information content (AvgIpc) is 2.84. The van der Waals surface area contributed by atoms with E-state index in [1.807, 2.05) is 37.3 Å². The fourth-order valence-corrected chi connectivity index (χ4v) is 3.24. The molecule has 0 saturated heterocycles. The van der Waals surface area contributed by atoms with Crippen molar-refractivity contribution in [3.63, 3.8) is 0 Å². The van der Waals surface area contributed by atoms with Crippen molar-refractivity contribution in [3.05, 3.63) is 40.8 Å². The number of carbonyl (C=O) groups excluding carboxylic acids is 2. The molecule has 0 aliphatic heterocycles. The topological polar surface area (TPSA) is 81.4 Å². The van der Waals surface area contributed by atoms with Gasteiger partial charge in [0.05, 0.1) is 13.2 Å². The van der Waals surface area contributed by atoms with E-state index in [9.17, 15) is 9.59 Å². The smallest absolute Gasteiger partial charge is 0.341 e. The third kappa shape index (κ3) is 3.35. The minimum absolute atomic E-state index is 0.139. The number of ether oxygens (including phenoxy) is 1. The number of esters is 1. The van der Waals surface area contributed by atoms with E-state index in [-0.39, 0.29) is 19.1 Å². The van der Waals surface area contributed by atoms with E-state index in [1.54, 1.807) is 6.92 Å². The summed E-state index contributed by atoms with van der Waals surface area (Å²) in [6.45, 7) is 3.79. The van der Waals surface area contributed by atoms with Gasteiger partial charge in [-0.2, -0.15) is 0 Å². The van der Waals surface area contributed by atoms with Crippen LogP contribution in [0.5, 0.6) is 0 Å². The first-order valence-corrected chi connectivity index (χ1v) is 7.76. The van der Waals surface area contributed by atoms with Crippen molar-refractivity contribution >= 4 is 28.2 Å². The number of aryl methyl sites for hydroxylation is 1. The van der Waals surface area contributed by atoms with Crippen LogP contribution in [0.15, 0.2) is 30.3 Å². The van der Waals surface area contributed by atoms with Crippen LogP contribution >= 0.6 is 11.3 Å². The van der Waals surface area contributed by atoms with Crippen LogP contribution in [-0.4, -0.2) is 25.0 Å². The zero-order chi connectivity index (χ0) is 16.1. The van der Waals surface area contributed by atoms with Crippen LogP contribution in [-0.2, 0) is 9.53 Å². The molecule has 0 aliphatic rings. The van der Waals surface area contributed by atoms with E-state index in [0.29, 0.717) is 10.6 Å². The fourth-order valence-electron chi connectivity index (χ4n) is 2.16. The van der Waals surface area contributed by atoms with E-state index >= 15 is 0 Å². The number of hydrogen-bond acceptors (Lipinski definition) is 5. The Hall–Kier alpha value is -2.18. The molecule has 1 heterocycles. The molecule has 0 unspecified atom stereocenters. The van der Waals surface area contributed by atoms with Crippen molar-refractivity contribution in [3.8, 4) is 11.1 Å². The first-order chi connectivity index (χ1) is 10.6. The molecule has 1 aromatic carbocycles. The van der Waals surface area contributed by atoms with Gasteiger partial charge in [0, 0.05) is 10.4 Å². The Bertz CT molecular complexity index is 680. The zero-order valence-corrected chi connectivity index (χ0v) is 13.3. The lowest BCUT2D eigenvalue weighted by Gasteiger charge is -2.08. The second-order valence-electron chi connectivity index (χ2n) is 4.58. The summed E-state index contributed by atoms with van der Waals surface area (Å²) in [6, 6.07) is 9.56. The van der Waals surface area contributed by atoms with Gasteiger partial charge in [-0.1, -0.05) is 30.3 Å². The van der Waals surface area contributed by atoms with Gasteiger partial charge in [-0.3, -0.25) is 4.79 Å². The average molecular weight is 318 g/mol. The molecule has 6 heteroatoms. The van der Waals surface area contributed by atoms with Gasteiger partial charge in [0.2, 0.25) is 5.91 Å². The Morgan fingerprint density at radius 1 is 1.27 bits per heavy atom. The Morgan fingerprint density at radius 2 is 1.95 bits per heavy atom. The highest BCUT2D eigenvalue weighted by atomic mass is 32.1. The summed E-state index contributed by atoms with van der Waals surface area (Å²) in [4.78, 5) is 24.9. The molecule has 1 aromatic heterocycles. The lowest BCUT2D eigenvalue weighted by atomic mass is 10.0. The van der Waals surface area contributed by atoms with Crippen LogP contribution in [0.1, 0.15) is 22.2 Å². The van der Waals surface area contributed by atoms with Gasteiger partial charge >= 0.3 is 5.97 Å². The second kappa shape index (κ2) is 7.20. The number of hydrogen-bond donors (Lipinski definition) is 2. The predicted octanol–water partition coefficient (Wildman–Crippen LogP) is 2.80. The van der Waals surface area contributed by atoms with Gasteiger partial charge in [-0.05, 0) is 19.4 Å². The molecule has 0 fully saturated rings. The number of nitrogens with one attached hydrogen (secondary N) is 1. The highest BCUT2D eigenvalue weighted by molar-refractivity contribution is 7.17. The Morgan fingerprint density at radius 3 is 2.55 bits per heavy atom. The lowest BCUT2D eigenvalue weighted by molar-refractivity contribution is -0.114. The van der Waals surface area contributed by atoms with Crippen LogP contribution in [0.25, 0.3) is 11.1 Å². The SMILES string of the molecule is CCOC(=O)c1c(NC(=O)CN)sc(C)c1-c1ccccc1.